The monoisotopic (exact) mass is 271 g/mol. The lowest BCUT2D eigenvalue weighted by Crippen LogP contribution is -2.34. The molecule has 0 aliphatic carbocycles. The number of amides is 1. The highest BCUT2D eigenvalue weighted by molar-refractivity contribution is 7.99. The Labute approximate surface area is 111 Å². The van der Waals surface area contributed by atoms with Gasteiger partial charge in [-0.1, -0.05) is 12.1 Å². The molecule has 1 aromatic carbocycles. The van der Waals surface area contributed by atoms with Gasteiger partial charge in [0.05, 0.1) is 11.9 Å². The van der Waals surface area contributed by atoms with Gasteiger partial charge in [0.2, 0.25) is 5.91 Å². The van der Waals surface area contributed by atoms with Gasteiger partial charge in [-0.25, -0.2) is 4.39 Å². The lowest BCUT2D eigenvalue weighted by atomic mass is 10.2. The molecular weight excluding hydrogens is 253 g/mol. The average Bonchev–Trinajstić information content (AvgIpc) is 2.30. The fourth-order valence-corrected chi connectivity index (χ4v) is 2.37. The van der Waals surface area contributed by atoms with Crippen LogP contribution >= 0.6 is 11.8 Å². The minimum Gasteiger partial charge on any atom is -0.392 e. The van der Waals surface area contributed by atoms with Crippen LogP contribution in [-0.4, -0.2) is 41.4 Å². The number of carbonyl (C=O) groups is 1. The van der Waals surface area contributed by atoms with E-state index in [1.165, 1.54) is 28.8 Å². The standard InChI is InChI=1S/C13H18FNO2S/c1-10(16)7-15(2)13(17)9-18-8-11-3-5-12(14)6-4-11/h3-6,10,16H,7-9H2,1-2H3. The molecule has 1 rings (SSSR count). The number of aliphatic hydroxyl groups is 1. The quantitative estimate of drug-likeness (QED) is 0.859. The molecule has 0 bridgehead atoms. The largest absolute Gasteiger partial charge is 0.392 e. The molecule has 1 atom stereocenters. The van der Waals surface area contributed by atoms with Crippen molar-refractivity contribution in [3.05, 3.63) is 35.6 Å². The van der Waals surface area contributed by atoms with E-state index in [9.17, 15) is 9.18 Å². The molecule has 3 nitrogen and oxygen atoms in total. The molecule has 0 aliphatic rings. The van der Waals surface area contributed by atoms with Crippen molar-refractivity contribution in [2.24, 2.45) is 0 Å². The summed E-state index contributed by atoms with van der Waals surface area (Å²) >= 11 is 1.48. The summed E-state index contributed by atoms with van der Waals surface area (Å²) in [5, 5.41) is 9.16. The Hall–Kier alpha value is -1.07. The number of hydrogen-bond acceptors (Lipinski definition) is 3. The predicted octanol–water partition coefficient (Wildman–Crippen LogP) is 1.90. The normalized spacial score (nSPS) is 12.2. The van der Waals surface area contributed by atoms with E-state index >= 15 is 0 Å². The molecule has 0 aliphatic heterocycles. The maximum atomic E-state index is 12.7. The molecule has 1 N–H and O–H groups in total. The number of thioether (sulfide) groups is 1. The van der Waals surface area contributed by atoms with E-state index < -0.39 is 6.10 Å². The number of hydrogen-bond donors (Lipinski definition) is 1. The Balaban J connectivity index is 2.29. The van der Waals surface area contributed by atoms with Crippen LogP contribution in [0.5, 0.6) is 0 Å². The molecule has 100 valence electrons. The number of benzene rings is 1. The summed E-state index contributed by atoms with van der Waals surface area (Å²) in [6.45, 7) is 1.99. The molecule has 1 amide bonds. The number of nitrogens with zero attached hydrogens (tertiary/aromatic N) is 1. The van der Waals surface area contributed by atoms with Gasteiger partial charge in [-0.15, -0.1) is 11.8 Å². The van der Waals surface area contributed by atoms with E-state index in [4.69, 9.17) is 5.11 Å². The zero-order valence-corrected chi connectivity index (χ0v) is 11.4. The first-order valence-electron chi connectivity index (χ1n) is 5.73. The van der Waals surface area contributed by atoms with Crippen LogP contribution in [0.3, 0.4) is 0 Å². The highest BCUT2D eigenvalue weighted by Gasteiger charge is 2.10. The van der Waals surface area contributed by atoms with Gasteiger partial charge in [0.1, 0.15) is 5.82 Å². The van der Waals surface area contributed by atoms with Crippen LogP contribution < -0.4 is 0 Å². The van der Waals surface area contributed by atoms with Crippen LogP contribution in [0, 0.1) is 5.82 Å². The second kappa shape index (κ2) is 7.38. The van der Waals surface area contributed by atoms with Crippen LogP contribution in [0.2, 0.25) is 0 Å². The Morgan fingerprint density at radius 1 is 1.44 bits per heavy atom. The van der Waals surface area contributed by atoms with Crippen molar-refractivity contribution in [1.29, 1.82) is 0 Å². The van der Waals surface area contributed by atoms with E-state index in [1.807, 2.05) is 0 Å². The van der Waals surface area contributed by atoms with Crippen LogP contribution in [0.15, 0.2) is 24.3 Å². The highest BCUT2D eigenvalue weighted by atomic mass is 32.2. The van der Waals surface area contributed by atoms with Crippen molar-refractivity contribution < 1.29 is 14.3 Å². The number of halogens is 1. The highest BCUT2D eigenvalue weighted by Crippen LogP contribution is 2.13. The molecule has 0 fully saturated rings. The topological polar surface area (TPSA) is 40.5 Å². The van der Waals surface area contributed by atoms with Gasteiger partial charge >= 0.3 is 0 Å². The van der Waals surface area contributed by atoms with Crippen molar-refractivity contribution in [2.75, 3.05) is 19.3 Å². The van der Waals surface area contributed by atoms with E-state index in [1.54, 1.807) is 26.1 Å². The molecule has 0 saturated heterocycles. The zero-order valence-electron chi connectivity index (χ0n) is 10.6. The van der Waals surface area contributed by atoms with E-state index in [0.717, 1.165) is 5.56 Å². The smallest absolute Gasteiger partial charge is 0.232 e. The van der Waals surface area contributed by atoms with Crippen LogP contribution in [0.25, 0.3) is 0 Å². The zero-order chi connectivity index (χ0) is 13.5. The van der Waals surface area contributed by atoms with Gasteiger partial charge in [0.25, 0.3) is 0 Å². The van der Waals surface area contributed by atoms with Gasteiger partial charge < -0.3 is 10.0 Å². The minimum absolute atomic E-state index is 0.0111. The maximum absolute atomic E-state index is 12.7. The number of likely N-dealkylation sites (N-methyl/N-ethyl adjacent to an activating group) is 1. The third kappa shape index (κ3) is 5.51. The molecule has 0 radical (unpaired) electrons. The van der Waals surface area contributed by atoms with Crippen molar-refractivity contribution in [3.63, 3.8) is 0 Å². The van der Waals surface area contributed by atoms with Crippen molar-refractivity contribution in [3.8, 4) is 0 Å². The van der Waals surface area contributed by atoms with Gasteiger partial charge in [-0.05, 0) is 24.6 Å². The van der Waals surface area contributed by atoms with Gasteiger partial charge in [-0.3, -0.25) is 4.79 Å². The fourth-order valence-electron chi connectivity index (χ4n) is 1.45. The third-order valence-corrected chi connectivity index (χ3v) is 3.36. The first-order valence-corrected chi connectivity index (χ1v) is 6.88. The lowest BCUT2D eigenvalue weighted by molar-refractivity contribution is -0.128. The molecular formula is C13H18FNO2S. The molecule has 0 spiro atoms. The van der Waals surface area contributed by atoms with Crippen LogP contribution in [-0.2, 0) is 10.5 Å². The Morgan fingerprint density at radius 2 is 2.06 bits per heavy atom. The number of aliphatic hydroxyl groups excluding tert-OH is 1. The summed E-state index contributed by atoms with van der Waals surface area (Å²) in [7, 11) is 1.67. The predicted molar refractivity (Wildman–Crippen MR) is 71.9 cm³/mol. The minimum atomic E-state index is -0.513. The molecule has 18 heavy (non-hydrogen) atoms. The van der Waals surface area contributed by atoms with Gasteiger partial charge in [-0.2, -0.15) is 0 Å². The fraction of sp³-hybridized carbons (Fsp3) is 0.462. The van der Waals surface area contributed by atoms with Crippen molar-refractivity contribution in [2.45, 2.75) is 18.8 Å². The second-order valence-corrected chi connectivity index (χ2v) is 5.23. The summed E-state index contributed by atoms with van der Waals surface area (Å²) < 4.78 is 12.7. The summed E-state index contributed by atoms with van der Waals surface area (Å²) in [5.41, 5.74) is 0.993. The van der Waals surface area contributed by atoms with E-state index in [2.05, 4.69) is 0 Å². The molecule has 0 heterocycles. The Kier molecular flexibility index (Phi) is 6.15. The third-order valence-electron chi connectivity index (χ3n) is 2.37. The van der Waals surface area contributed by atoms with Crippen molar-refractivity contribution in [1.82, 2.24) is 4.90 Å². The average molecular weight is 271 g/mol. The summed E-state index contributed by atoms with van der Waals surface area (Å²) in [6.07, 6.45) is -0.513. The number of carbonyl (C=O) groups excluding carboxylic acids is 1. The van der Waals surface area contributed by atoms with Crippen LogP contribution in [0.4, 0.5) is 4.39 Å². The summed E-state index contributed by atoms with van der Waals surface area (Å²) in [6, 6.07) is 6.26. The lowest BCUT2D eigenvalue weighted by Gasteiger charge is -2.18. The maximum Gasteiger partial charge on any atom is 0.232 e. The van der Waals surface area contributed by atoms with Gasteiger partial charge in [0, 0.05) is 19.3 Å². The Morgan fingerprint density at radius 3 is 2.61 bits per heavy atom. The SMILES string of the molecule is CC(O)CN(C)C(=O)CSCc1ccc(F)cc1. The molecule has 1 unspecified atom stereocenters. The van der Waals surface area contributed by atoms with Crippen molar-refractivity contribution >= 4 is 17.7 Å². The molecule has 0 aromatic heterocycles. The summed E-state index contributed by atoms with van der Waals surface area (Å²) in [4.78, 5) is 13.2. The second-order valence-electron chi connectivity index (χ2n) is 4.24. The molecule has 0 saturated carbocycles. The Bertz CT molecular complexity index is 381. The van der Waals surface area contributed by atoms with E-state index in [0.29, 0.717) is 18.1 Å². The van der Waals surface area contributed by atoms with E-state index in [-0.39, 0.29) is 11.7 Å². The number of rotatable bonds is 6. The van der Waals surface area contributed by atoms with Gasteiger partial charge in [0.15, 0.2) is 0 Å². The molecule has 5 heteroatoms. The first kappa shape index (κ1) is 15.0. The first-order chi connectivity index (χ1) is 8.49. The van der Waals surface area contributed by atoms with Crippen LogP contribution in [0.1, 0.15) is 12.5 Å². The summed E-state index contributed by atoms with van der Waals surface area (Å²) in [5.74, 6) is 0.772. The molecule has 1 aromatic rings.